The zero-order valence-electron chi connectivity index (χ0n) is 19.7. The fraction of sp³-hybridized carbons (Fsp3) is 0.148. The van der Waals surface area contributed by atoms with E-state index in [-0.39, 0.29) is 11.4 Å². The summed E-state index contributed by atoms with van der Waals surface area (Å²) in [5.74, 6) is 2.62. The molecule has 3 aromatic carbocycles. The predicted molar refractivity (Wildman–Crippen MR) is 135 cm³/mol. The summed E-state index contributed by atoms with van der Waals surface area (Å²) in [5.41, 5.74) is 2.35. The standard InChI is InChI=1S/C27H23N3O5/c1-16-21(32-2)13-12-17(25(16)34-4)15-28-30-26(29-20-9-6-5-8-18(20)27(30)31)24-14-19-22(33-3)10-7-11-23(19)35-24/h5-15H,1-4H3. The average Bonchev–Trinajstić information content (AvgIpc) is 3.32. The molecule has 0 N–H and O–H groups in total. The van der Waals surface area contributed by atoms with Crippen LogP contribution in [0.25, 0.3) is 33.5 Å². The largest absolute Gasteiger partial charge is 0.496 e. The van der Waals surface area contributed by atoms with Gasteiger partial charge in [-0.05, 0) is 49.4 Å². The summed E-state index contributed by atoms with van der Waals surface area (Å²) < 4.78 is 23.7. The van der Waals surface area contributed by atoms with Gasteiger partial charge in [0.2, 0.25) is 5.82 Å². The van der Waals surface area contributed by atoms with Gasteiger partial charge in [0.1, 0.15) is 22.8 Å². The van der Waals surface area contributed by atoms with Gasteiger partial charge < -0.3 is 18.6 Å². The molecule has 5 rings (SSSR count). The van der Waals surface area contributed by atoms with Gasteiger partial charge >= 0.3 is 0 Å². The van der Waals surface area contributed by atoms with Crippen LogP contribution in [0.3, 0.4) is 0 Å². The van der Waals surface area contributed by atoms with Gasteiger partial charge in [0, 0.05) is 11.1 Å². The molecule has 176 valence electrons. The van der Waals surface area contributed by atoms with E-state index in [1.165, 1.54) is 4.68 Å². The van der Waals surface area contributed by atoms with Gasteiger partial charge in [-0.2, -0.15) is 9.78 Å². The molecule has 0 radical (unpaired) electrons. The van der Waals surface area contributed by atoms with Crippen molar-refractivity contribution in [1.29, 1.82) is 0 Å². The quantitative estimate of drug-likeness (QED) is 0.324. The number of hydrogen-bond acceptors (Lipinski definition) is 7. The first kappa shape index (κ1) is 22.2. The van der Waals surface area contributed by atoms with Crippen LogP contribution >= 0.6 is 0 Å². The molecule has 0 aliphatic carbocycles. The van der Waals surface area contributed by atoms with Crippen LogP contribution in [0.15, 0.2) is 75.0 Å². The number of aromatic nitrogens is 2. The van der Waals surface area contributed by atoms with Crippen LogP contribution in [-0.4, -0.2) is 37.2 Å². The molecule has 2 aromatic heterocycles. The fourth-order valence-electron chi connectivity index (χ4n) is 4.12. The third-order valence-corrected chi connectivity index (χ3v) is 5.84. The van der Waals surface area contributed by atoms with Crippen molar-refractivity contribution in [3.63, 3.8) is 0 Å². The Morgan fingerprint density at radius 3 is 2.49 bits per heavy atom. The third kappa shape index (κ3) is 3.78. The van der Waals surface area contributed by atoms with Crippen molar-refractivity contribution in [3.05, 3.63) is 82.1 Å². The molecule has 8 heteroatoms. The first-order valence-corrected chi connectivity index (χ1v) is 10.9. The van der Waals surface area contributed by atoms with Crippen LogP contribution in [-0.2, 0) is 0 Å². The molecule has 0 atom stereocenters. The number of nitrogens with zero attached hydrogens (tertiary/aromatic N) is 3. The highest BCUT2D eigenvalue weighted by Crippen LogP contribution is 2.33. The zero-order valence-corrected chi connectivity index (χ0v) is 19.7. The van der Waals surface area contributed by atoms with Crippen LogP contribution in [0.2, 0.25) is 0 Å². The first-order valence-electron chi connectivity index (χ1n) is 10.9. The fourth-order valence-corrected chi connectivity index (χ4v) is 4.12. The highest BCUT2D eigenvalue weighted by Gasteiger charge is 2.18. The van der Waals surface area contributed by atoms with Crippen LogP contribution < -0.4 is 19.8 Å². The van der Waals surface area contributed by atoms with Gasteiger partial charge in [-0.3, -0.25) is 4.79 Å². The summed E-state index contributed by atoms with van der Waals surface area (Å²) in [4.78, 5) is 18.2. The molecule has 0 spiro atoms. The van der Waals surface area contributed by atoms with E-state index in [9.17, 15) is 4.79 Å². The minimum absolute atomic E-state index is 0.271. The number of hydrogen-bond donors (Lipinski definition) is 0. The van der Waals surface area contributed by atoms with Crippen LogP contribution in [0, 0.1) is 6.92 Å². The maximum Gasteiger partial charge on any atom is 0.282 e. The molecule has 0 saturated heterocycles. The normalized spacial score (nSPS) is 11.4. The highest BCUT2D eigenvalue weighted by atomic mass is 16.5. The third-order valence-electron chi connectivity index (χ3n) is 5.84. The second-order valence-corrected chi connectivity index (χ2v) is 7.81. The van der Waals surface area contributed by atoms with Crippen molar-refractivity contribution in [2.45, 2.75) is 6.92 Å². The van der Waals surface area contributed by atoms with Gasteiger partial charge in [0.15, 0.2) is 5.76 Å². The lowest BCUT2D eigenvalue weighted by atomic mass is 10.1. The van der Waals surface area contributed by atoms with Gasteiger partial charge in [-0.15, -0.1) is 0 Å². The van der Waals surface area contributed by atoms with Crippen LogP contribution in [0.1, 0.15) is 11.1 Å². The second-order valence-electron chi connectivity index (χ2n) is 7.81. The maximum absolute atomic E-state index is 13.5. The number of furan rings is 1. The number of methoxy groups -OCH3 is 3. The molecule has 0 saturated carbocycles. The lowest BCUT2D eigenvalue weighted by molar-refractivity contribution is 0.388. The predicted octanol–water partition coefficient (Wildman–Crippen LogP) is 5.03. The molecule has 5 aromatic rings. The summed E-state index contributed by atoms with van der Waals surface area (Å²) >= 11 is 0. The molecule has 0 fully saturated rings. The Hall–Kier alpha value is -4.59. The number of fused-ring (bicyclic) bond motifs is 2. The number of para-hydroxylation sites is 1. The van der Waals surface area contributed by atoms with E-state index in [1.807, 2.05) is 43.3 Å². The lowest BCUT2D eigenvalue weighted by Crippen LogP contribution is -2.20. The Kier molecular flexibility index (Phi) is 5.70. The zero-order chi connectivity index (χ0) is 24.5. The van der Waals surface area contributed by atoms with Crippen molar-refractivity contribution in [2.24, 2.45) is 5.10 Å². The van der Waals surface area contributed by atoms with Gasteiger partial charge in [0.05, 0.1) is 43.8 Å². The molecule has 35 heavy (non-hydrogen) atoms. The van der Waals surface area contributed by atoms with E-state index >= 15 is 0 Å². The van der Waals surface area contributed by atoms with E-state index in [1.54, 1.807) is 51.8 Å². The summed E-state index contributed by atoms with van der Waals surface area (Å²) in [5, 5.41) is 5.74. The molecule has 2 heterocycles. The summed E-state index contributed by atoms with van der Waals surface area (Å²) in [6, 6.07) is 18.1. The Morgan fingerprint density at radius 2 is 1.71 bits per heavy atom. The van der Waals surface area contributed by atoms with Crippen molar-refractivity contribution in [2.75, 3.05) is 21.3 Å². The van der Waals surface area contributed by atoms with E-state index in [0.717, 1.165) is 10.9 Å². The van der Waals surface area contributed by atoms with E-state index in [2.05, 4.69) is 5.10 Å². The monoisotopic (exact) mass is 469 g/mol. The van der Waals surface area contributed by atoms with E-state index < -0.39 is 0 Å². The Labute approximate surface area is 201 Å². The van der Waals surface area contributed by atoms with E-state index in [0.29, 0.717) is 45.1 Å². The molecular weight excluding hydrogens is 446 g/mol. The number of ether oxygens (including phenoxy) is 3. The van der Waals surface area contributed by atoms with Gasteiger partial charge in [-0.1, -0.05) is 18.2 Å². The molecule has 0 aliphatic heterocycles. The summed E-state index contributed by atoms with van der Waals surface area (Å²) in [6.45, 7) is 1.89. The number of rotatable bonds is 6. The van der Waals surface area contributed by atoms with Gasteiger partial charge in [-0.25, -0.2) is 4.98 Å². The van der Waals surface area contributed by atoms with Crippen molar-refractivity contribution < 1.29 is 18.6 Å². The molecular formula is C27H23N3O5. The smallest absolute Gasteiger partial charge is 0.282 e. The van der Waals surface area contributed by atoms with Crippen molar-refractivity contribution >= 4 is 28.1 Å². The van der Waals surface area contributed by atoms with Crippen molar-refractivity contribution in [3.8, 4) is 28.8 Å². The Bertz CT molecular complexity index is 1650. The summed E-state index contributed by atoms with van der Waals surface area (Å²) in [7, 11) is 4.78. The highest BCUT2D eigenvalue weighted by molar-refractivity contribution is 5.89. The lowest BCUT2D eigenvalue weighted by Gasteiger charge is -2.12. The molecule has 8 nitrogen and oxygen atoms in total. The van der Waals surface area contributed by atoms with Crippen LogP contribution in [0.4, 0.5) is 0 Å². The Morgan fingerprint density at radius 1 is 0.914 bits per heavy atom. The molecule has 0 aliphatic rings. The molecule has 0 bridgehead atoms. The second kappa shape index (κ2) is 8.98. The molecule has 0 amide bonds. The van der Waals surface area contributed by atoms with Crippen LogP contribution in [0.5, 0.6) is 17.2 Å². The maximum atomic E-state index is 13.5. The Balaban J connectivity index is 1.73. The van der Waals surface area contributed by atoms with E-state index in [4.69, 9.17) is 23.6 Å². The first-order chi connectivity index (χ1) is 17.0. The minimum Gasteiger partial charge on any atom is -0.496 e. The topological polar surface area (TPSA) is 88.1 Å². The van der Waals surface area contributed by atoms with Crippen molar-refractivity contribution in [1.82, 2.24) is 9.66 Å². The average molecular weight is 469 g/mol. The minimum atomic E-state index is -0.321. The summed E-state index contributed by atoms with van der Waals surface area (Å²) in [6.07, 6.45) is 1.57. The molecule has 0 unspecified atom stereocenters. The SMILES string of the molecule is COc1ccc(C=Nn2c(-c3cc4c(OC)cccc4o3)nc3ccccc3c2=O)c(OC)c1C. The number of benzene rings is 3. The van der Waals surface area contributed by atoms with Gasteiger partial charge in [0.25, 0.3) is 5.56 Å².